The summed E-state index contributed by atoms with van der Waals surface area (Å²) in [6, 6.07) is 8.99. The van der Waals surface area contributed by atoms with Crippen molar-refractivity contribution in [3.05, 3.63) is 65.0 Å². The maximum absolute atomic E-state index is 13.7. The predicted molar refractivity (Wildman–Crippen MR) is 116 cm³/mol. The van der Waals surface area contributed by atoms with Crippen LogP contribution in [-0.4, -0.2) is 26.4 Å². The lowest BCUT2D eigenvalue weighted by Crippen LogP contribution is -2.16. The maximum atomic E-state index is 13.7. The van der Waals surface area contributed by atoms with Gasteiger partial charge in [-0.15, -0.1) is 10.2 Å². The molecule has 1 N–H and O–H groups in total. The number of nitrogens with zero attached hydrogens (tertiary/aromatic N) is 3. The topological polar surface area (TPSA) is 69.0 Å². The minimum atomic E-state index is -0.824. The van der Waals surface area contributed by atoms with Crippen LogP contribution in [0.1, 0.15) is 36.9 Å². The number of carbonyl (C=O) groups excluding carboxylic acids is 1. The average molecular weight is 447 g/mol. The number of amides is 1. The van der Waals surface area contributed by atoms with Crippen LogP contribution < -0.4 is 10.1 Å². The largest absolute Gasteiger partial charge is 0.483 e. The average Bonchev–Trinajstić information content (AvgIpc) is 3.11. The number of benzene rings is 2. The number of carbonyl (C=O) groups is 1. The summed E-state index contributed by atoms with van der Waals surface area (Å²) in [5.41, 5.74) is 2.15. The zero-order valence-electron chi connectivity index (χ0n) is 17.8. The first-order valence-corrected chi connectivity index (χ1v) is 10.8. The Balaban J connectivity index is 1.65. The van der Waals surface area contributed by atoms with Gasteiger partial charge in [-0.1, -0.05) is 17.8 Å². The molecule has 0 aliphatic rings. The van der Waals surface area contributed by atoms with Crippen LogP contribution in [-0.2, 0) is 11.3 Å². The highest BCUT2D eigenvalue weighted by Gasteiger charge is 2.20. The van der Waals surface area contributed by atoms with E-state index in [9.17, 15) is 13.6 Å². The van der Waals surface area contributed by atoms with Crippen molar-refractivity contribution in [2.75, 3.05) is 11.1 Å². The second kappa shape index (κ2) is 9.91. The number of aromatic nitrogens is 3. The molecule has 1 amide bonds. The molecular formula is C22H24F2N4O2S. The van der Waals surface area contributed by atoms with Crippen molar-refractivity contribution in [3.63, 3.8) is 0 Å². The molecule has 6 nitrogen and oxygen atoms in total. The van der Waals surface area contributed by atoms with Crippen molar-refractivity contribution in [2.45, 2.75) is 45.5 Å². The number of hydrogen-bond donors (Lipinski definition) is 1. The number of ether oxygens (including phenoxy) is 1. The number of anilines is 1. The first-order chi connectivity index (χ1) is 14.8. The van der Waals surface area contributed by atoms with E-state index in [1.54, 1.807) is 0 Å². The third-order valence-corrected chi connectivity index (χ3v) is 5.44. The van der Waals surface area contributed by atoms with Crippen molar-refractivity contribution in [2.24, 2.45) is 0 Å². The highest BCUT2D eigenvalue weighted by atomic mass is 32.2. The van der Waals surface area contributed by atoms with E-state index in [-0.39, 0.29) is 17.5 Å². The third kappa shape index (κ3) is 5.81. The minimum absolute atomic E-state index is 0.00125. The number of aryl methyl sites for hydroxylation is 2. The molecule has 164 valence electrons. The molecule has 3 rings (SSSR count). The summed E-state index contributed by atoms with van der Waals surface area (Å²) in [5, 5.41) is 11.4. The predicted octanol–water partition coefficient (Wildman–Crippen LogP) is 5.06. The van der Waals surface area contributed by atoms with Crippen LogP contribution in [0.25, 0.3) is 0 Å². The second-order valence-electron chi connectivity index (χ2n) is 7.13. The molecule has 0 aliphatic carbocycles. The van der Waals surface area contributed by atoms with E-state index < -0.39 is 17.5 Å². The normalized spacial score (nSPS) is 11.9. The SMILES string of the molecule is CCn1c(SCC(=O)Nc2ccc(F)cc2F)nnc1C(C)Oc1cc(C)cc(C)c1. The molecule has 1 aromatic heterocycles. The van der Waals surface area contributed by atoms with Gasteiger partial charge in [0.15, 0.2) is 17.1 Å². The van der Waals surface area contributed by atoms with Crippen LogP contribution in [0, 0.1) is 25.5 Å². The molecular weight excluding hydrogens is 422 g/mol. The Labute approximate surface area is 184 Å². The Morgan fingerprint density at radius 3 is 2.52 bits per heavy atom. The van der Waals surface area contributed by atoms with E-state index in [2.05, 4.69) is 21.6 Å². The molecule has 1 heterocycles. The van der Waals surface area contributed by atoms with Gasteiger partial charge in [0.05, 0.1) is 11.4 Å². The summed E-state index contributed by atoms with van der Waals surface area (Å²) in [5.74, 6) is -0.552. The summed E-state index contributed by atoms with van der Waals surface area (Å²) in [7, 11) is 0. The Morgan fingerprint density at radius 2 is 1.87 bits per heavy atom. The fourth-order valence-electron chi connectivity index (χ4n) is 3.17. The van der Waals surface area contributed by atoms with E-state index in [1.807, 2.05) is 44.4 Å². The molecule has 0 saturated heterocycles. The van der Waals surface area contributed by atoms with E-state index >= 15 is 0 Å². The van der Waals surface area contributed by atoms with Gasteiger partial charge in [-0.2, -0.15) is 0 Å². The van der Waals surface area contributed by atoms with Gasteiger partial charge in [0, 0.05) is 12.6 Å². The third-order valence-electron chi connectivity index (χ3n) is 4.47. The van der Waals surface area contributed by atoms with Gasteiger partial charge in [-0.25, -0.2) is 8.78 Å². The van der Waals surface area contributed by atoms with E-state index in [1.165, 1.54) is 17.8 Å². The lowest BCUT2D eigenvalue weighted by molar-refractivity contribution is -0.113. The molecule has 0 spiro atoms. The fourth-order valence-corrected chi connectivity index (χ4v) is 3.98. The van der Waals surface area contributed by atoms with Crippen LogP contribution in [0.2, 0.25) is 0 Å². The van der Waals surface area contributed by atoms with Gasteiger partial charge in [0.2, 0.25) is 5.91 Å². The van der Waals surface area contributed by atoms with Crippen molar-refractivity contribution in [3.8, 4) is 5.75 Å². The number of rotatable bonds is 8. The van der Waals surface area contributed by atoms with Crippen LogP contribution in [0.3, 0.4) is 0 Å². The van der Waals surface area contributed by atoms with Gasteiger partial charge >= 0.3 is 0 Å². The zero-order chi connectivity index (χ0) is 22.5. The molecule has 31 heavy (non-hydrogen) atoms. The summed E-state index contributed by atoms with van der Waals surface area (Å²) in [4.78, 5) is 12.2. The highest BCUT2D eigenvalue weighted by Crippen LogP contribution is 2.26. The standard InChI is InChI=1S/C22H24F2N4O2S/c1-5-28-21(15(4)30-17-9-13(2)8-14(3)10-17)26-27-22(28)31-12-20(29)25-19-7-6-16(23)11-18(19)24/h6-11,15H,5,12H2,1-4H3,(H,25,29). The highest BCUT2D eigenvalue weighted by molar-refractivity contribution is 7.99. The van der Waals surface area contributed by atoms with Crippen molar-refractivity contribution < 1.29 is 18.3 Å². The lowest BCUT2D eigenvalue weighted by atomic mass is 10.1. The van der Waals surface area contributed by atoms with Crippen LogP contribution in [0.5, 0.6) is 5.75 Å². The van der Waals surface area contributed by atoms with Gasteiger partial charge in [0.1, 0.15) is 17.4 Å². The summed E-state index contributed by atoms with van der Waals surface area (Å²) in [6.07, 6.45) is -0.342. The van der Waals surface area contributed by atoms with Gasteiger partial charge < -0.3 is 14.6 Å². The molecule has 1 atom stereocenters. The Morgan fingerprint density at radius 1 is 1.16 bits per heavy atom. The summed E-state index contributed by atoms with van der Waals surface area (Å²) in [6.45, 7) is 8.47. The Bertz CT molecular complexity index is 1070. The number of thioether (sulfide) groups is 1. The lowest BCUT2D eigenvalue weighted by Gasteiger charge is -2.16. The van der Waals surface area contributed by atoms with Gasteiger partial charge in [-0.3, -0.25) is 4.79 Å². The van der Waals surface area contributed by atoms with E-state index in [0.717, 1.165) is 29.0 Å². The van der Waals surface area contributed by atoms with Crippen LogP contribution in [0.4, 0.5) is 14.5 Å². The molecule has 9 heteroatoms. The van der Waals surface area contributed by atoms with Crippen molar-refractivity contribution in [1.82, 2.24) is 14.8 Å². The Kier molecular flexibility index (Phi) is 7.27. The monoisotopic (exact) mass is 446 g/mol. The molecule has 1 unspecified atom stereocenters. The summed E-state index contributed by atoms with van der Waals surface area (Å²) >= 11 is 1.18. The first kappa shape index (κ1) is 22.7. The smallest absolute Gasteiger partial charge is 0.234 e. The second-order valence-corrected chi connectivity index (χ2v) is 8.07. The number of nitrogens with one attached hydrogen (secondary N) is 1. The maximum Gasteiger partial charge on any atom is 0.234 e. The fraction of sp³-hybridized carbons (Fsp3) is 0.318. The number of hydrogen-bond acceptors (Lipinski definition) is 5. The minimum Gasteiger partial charge on any atom is -0.483 e. The zero-order valence-corrected chi connectivity index (χ0v) is 18.6. The quantitative estimate of drug-likeness (QED) is 0.490. The van der Waals surface area contributed by atoms with Gasteiger partial charge in [-0.05, 0) is 63.1 Å². The molecule has 2 aromatic carbocycles. The molecule has 3 aromatic rings. The summed E-state index contributed by atoms with van der Waals surface area (Å²) < 4.78 is 34.6. The van der Waals surface area contributed by atoms with Crippen molar-refractivity contribution >= 4 is 23.4 Å². The van der Waals surface area contributed by atoms with E-state index in [4.69, 9.17) is 4.74 Å². The van der Waals surface area contributed by atoms with E-state index in [0.29, 0.717) is 17.5 Å². The first-order valence-electron chi connectivity index (χ1n) is 9.82. The molecule has 0 aliphatic heterocycles. The molecule has 0 fully saturated rings. The van der Waals surface area contributed by atoms with Gasteiger partial charge in [0.25, 0.3) is 0 Å². The molecule has 0 radical (unpaired) electrons. The van der Waals surface area contributed by atoms with Crippen LogP contribution in [0.15, 0.2) is 41.6 Å². The number of halogens is 2. The Hall–Kier alpha value is -2.94. The molecule has 0 bridgehead atoms. The molecule has 0 saturated carbocycles. The van der Waals surface area contributed by atoms with Crippen molar-refractivity contribution in [1.29, 1.82) is 0 Å². The van der Waals surface area contributed by atoms with Crippen LogP contribution >= 0.6 is 11.8 Å².